The summed E-state index contributed by atoms with van der Waals surface area (Å²) in [5.74, 6) is -0.0164. The Morgan fingerprint density at radius 2 is 1.91 bits per heavy atom. The lowest BCUT2D eigenvalue weighted by Crippen LogP contribution is -2.38. The SMILES string of the molecule is C=CCCOC(=O)N1CCC(c2nc(C(=O)Nc3ccccc3-c3ccc(Cl)cc3)cs2)CC1. The van der Waals surface area contributed by atoms with Crippen molar-refractivity contribution < 1.29 is 14.3 Å². The van der Waals surface area contributed by atoms with E-state index in [9.17, 15) is 9.59 Å². The normalized spacial score (nSPS) is 14.0. The quantitative estimate of drug-likeness (QED) is 0.296. The third-order valence-electron chi connectivity index (χ3n) is 5.73. The number of piperidine rings is 1. The molecule has 1 saturated heterocycles. The highest BCUT2D eigenvalue weighted by molar-refractivity contribution is 7.10. The number of amides is 2. The molecule has 0 saturated carbocycles. The van der Waals surface area contributed by atoms with Crippen LogP contribution in [-0.2, 0) is 4.74 Å². The van der Waals surface area contributed by atoms with Gasteiger partial charge in [-0.3, -0.25) is 4.79 Å². The molecule has 1 N–H and O–H groups in total. The minimum Gasteiger partial charge on any atom is -0.449 e. The lowest BCUT2D eigenvalue weighted by atomic mass is 9.98. The molecule has 2 aromatic carbocycles. The first-order valence-electron chi connectivity index (χ1n) is 11.2. The number of anilines is 1. The maximum atomic E-state index is 12.9. The first kappa shape index (κ1) is 24.0. The largest absolute Gasteiger partial charge is 0.449 e. The molecule has 8 heteroatoms. The Bertz CT molecular complexity index is 1150. The summed E-state index contributed by atoms with van der Waals surface area (Å²) in [6.07, 6.45) is 3.69. The summed E-state index contributed by atoms with van der Waals surface area (Å²) in [5.41, 5.74) is 2.99. The van der Waals surface area contributed by atoms with Gasteiger partial charge in [0.2, 0.25) is 0 Å². The van der Waals surface area contributed by atoms with Gasteiger partial charge in [-0.15, -0.1) is 17.9 Å². The van der Waals surface area contributed by atoms with Gasteiger partial charge in [0, 0.05) is 40.7 Å². The first-order valence-corrected chi connectivity index (χ1v) is 12.4. The van der Waals surface area contributed by atoms with Crippen LogP contribution in [0.5, 0.6) is 0 Å². The van der Waals surface area contributed by atoms with Gasteiger partial charge >= 0.3 is 6.09 Å². The Hall–Kier alpha value is -3.16. The smallest absolute Gasteiger partial charge is 0.409 e. The van der Waals surface area contributed by atoms with Crippen LogP contribution >= 0.6 is 22.9 Å². The Kier molecular flexibility index (Phi) is 7.98. The van der Waals surface area contributed by atoms with Gasteiger partial charge in [0.15, 0.2) is 0 Å². The van der Waals surface area contributed by atoms with Crippen LogP contribution in [0.15, 0.2) is 66.6 Å². The van der Waals surface area contributed by atoms with Crippen molar-refractivity contribution in [1.82, 2.24) is 9.88 Å². The van der Waals surface area contributed by atoms with E-state index in [0.29, 0.717) is 42.5 Å². The molecule has 3 aromatic rings. The molecule has 6 nitrogen and oxygen atoms in total. The minimum absolute atomic E-state index is 0.227. The number of carbonyl (C=O) groups is 2. The number of nitrogens with one attached hydrogen (secondary N) is 1. The highest BCUT2D eigenvalue weighted by Gasteiger charge is 2.27. The van der Waals surface area contributed by atoms with E-state index in [-0.39, 0.29) is 17.9 Å². The predicted molar refractivity (Wildman–Crippen MR) is 137 cm³/mol. The number of carbonyl (C=O) groups excluding carboxylic acids is 2. The van der Waals surface area contributed by atoms with Crippen molar-refractivity contribution in [1.29, 1.82) is 0 Å². The van der Waals surface area contributed by atoms with Gasteiger partial charge in [-0.25, -0.2) is 9.78 Å². The van der Waals surface area contributed by atoms with Crippen LogP contribution in [0.25, 0.3) is 11.1 Å². The Morgan fingerprint density at radius 1 is 1.18 bits per heavy atom. The van der Waals surface area contributed by atoms with E-state index in [0.717, 1.165) is 29.0 Å². The molecule has 1 aromatic heterocycles. The third kappa shape index (κ3) is 5.85. The van der Waals surface area contributed by atoms with Crippen molar-refractivity contribution in [2.75, 3.05) is 25.0 Å². The fourth-order valence-electron chi connectivity index (χ4n) is 3.87. The van der Waals surface area contributed by atoms with Crippen LogP contribution in [0.1, 0.15) is 40.7 Å². The van der Waals surface area contributed by atoms with Gasteiger partial charge in [0.05, 0.1) is 11.6 Å². The van der Waals surface area contributed by atoms with E-state index in [1.165, 1.54) is 11.3 Å². The molecule has 176 valence electrons. The summed E-state index contributed by atoms with van der Waals surface area (Å²) in [6, 6.07) is 15.2. The number of thiazole rings is 1. The second kappa shape index (κ2) is 11.3. The van der Waals surface area contributed by atoms with E-state index in [1.807, 2.05) is 48.5 Å². The van der Waals surface area contributed by atoms with Crippen LogP contribution in [0, 0.1) is 0 Å². The zero-order valence-electron chi connectivity index (χ0n) is 18.7. The summed E-state index contributed by atoms with van der Waals surface area (Å²) in [5, 5.41) is 6.38. The number of rotatable bonds is 7. The van der Waals surface area contributed by atoms with Crippen molar-refractivity contribution in [2.24, 2.45) is 0 Å². The lowest BCUT2D eigenvalue weighted by Gasteiger charge is -2.30. The zero-order valence-corrected chi connectivity index (χ0v) is 20.3. The number of aromatic nitrogens is 1. The van der Waals surface area contributed by atoms with Crippen molar-refractivity contribution in [2.45, 2.75) is 25.2 Å². The maximum absolute atomic E-state index is 12.9. The second-order valence-electron chi connectivity index (χ2n) is 8.03. The monoisotopic (exact) mass is 495 g/mol. The molecule has 34 heavy (non-hydrogen) atoms. The average Bonchev–Trinajstić information content (AvgIpc) is 3.36. The number of hydrogen-bond donors (Lipinski definition) is 1. The first-order chi connectivity index (χ1) is 16.5. The summed E-state index contributed by atoms with van der Waals surface area (Å²) < 4.78 is 5.25. The van der Waals surface area contributed by atoms with Gasteiger partial charge in [-0.2, -0.15) is 0 Å². The molecule has 0 unspecified atom stereocenters. The molecule has 1 aliphatic heterocycles. The minimum atomic E-state index is -0.279. The number of nitrogens with zero attached hydrogens (tertiary/aromatic N) is 2. The van der Waals surface area contributed by atoms with Gasteiger partial charge in [0.1, 0.15) is 5.69 Å². The van der Waals surface area contributed by atoms with Gasteiger partial charge in [0.25, 0.3) is 5.91 Å². The van der Waals surface area contributed by atoms with E-state index in [1.54, 1.807) is 16.4 Å². The van der Waals surface area contributed by atoms with Crippen molar-refractivity contribution in [3.63, 3.8) is 0 Å². The number of hydrogen-bond acceptors (Lipinski definition) is 5. The Balaban J connectivity index is 1.37. The van der Waals surface area contributed by atoms with Crippen LogP contribution < -0.4 is 5.32 Å². The summed E-state index contributed by atoms with van der Waals surface area (Å²) in [4.78, 5) is 31.4. The maximum Gasteiger partial charge on any atom is 0.409 e. The lowest BCUT2D eigenvalue weighted by molar-refractivity contribution is 0.0941. The fraction of sp³-hybridized carbons (Fsp3) is 0.269. The highest BCUT2D eigenvalue weighted by Crippen LogP contribution is 2.32. The number of likely N-dealkylation sites (tertiary alicyclic amines) is 1. The number of halogens is 1. The summed E-state index contributed by atoms with van der Waals surface area (Å²) >= 11 is 7.50. The van der Waals surface area contributed by atoms with Crippen molar-refractivity contribution >= 4 is 40.6 Å². The Morgan fingerprint density at radius 3 is 2.65 bits per heavy atom. The number of ether oxygens (including phenoxy) is 1. The van der Waals surface area contributed by atoms with Crippen LogP contribution in [0.2, 0.25) is 5.02 Å². The molecule has 0 atom stereocenters. The predicted octanol–water partition coefficient (Wildman–Crippen LogP) is 6.61. The molecular formula is C26H26ClN3O3S. The van der Waals surface area contributed by atoms with E-state index >= 15 is 0 Å². The molecule has 0 spiro atoms. The molecule has 1 fully saturated rings. The van der Waals surface area contributed by atoms with Crippen molar-refractivity contribution in [3.05, 3.63) is 82.3 Å². The molecule has 4 rings (SSSR count). The summed E-state index contributed by atoms with van der Waals surface area (Å²) in [6.45, 7) is 5.22. The van der Waals surface area contributed by atoms with Gasteiger partial charge < -0.3 is 15.0 Å². The van der Waals surface area contributed by atoms with Crippen LogP contribution in [-0.4, -0.2) is 41.6 Å². The third-order valence-corrected chi connectivity index (χ3v) is 6.99. The van der Waals surface area contributed by atoms with Crippen LogP contribution in [0.4, 0.5) is 10.5 Å². The highest BCUT2D eigenvalue weighted by atomic mass is 35.5. The van der Waals surface area contributed by atoms with Gasteiger partial charge in [-0.05, 0) is 43.0 Å². The molecule has 0 aliphatic carbocycles. The molecule has 0 radical (unpaired) electrons. The van der Waals surface area contributed by atoms with E-state index in [2.05, 4.69) is 16.9 Å². The Labute approximate surface area is 208 Å². The molecular weight excluding hydrogens is 470 g/mol. The standard InChI is InChI=1S/C26H26ClN3O3S/c1-2-3-16-33-26(32)30-14-12-19(13-15-30)25-29-23(17-34-25)24(31)28-22-7-5-4-6-21(22)18-8-10-20(27)11-9-18/h2,4-11,17,19H,1,3,12-16H2,(H,28,31). The average molecular weight is 496 g/mol. The number of para-hydroxylation sites is 1. The van der Waals surface area contributed by atoms with E-state index in [4.69, 9.17) is 16.3 Å². The topological polar surface area (TPSA) is 71.5 Å². The molecule has 2 heterocycles. The molecule has 2 amide bonds. The summed E-state index contributed by atoms with van der Waals surface area (Å²) in [7, 11) is 0. The molecule has 1 aliphatic rings. The number of benzene rings is 2. The fourth-order valence-corrected chi connectivity index (χ4v) is 4.97. The van der Waals surface area contributed by atoms with Crippen molar-refractivity contribution in [3.8, 4) is 11.1 Å². The molecule has 0 bridgehead atoms. The van der Waals surface area contributed by atoms with Gasteiger partial charge in [-0.1, -0.05) is 48.0 Å². The van der Waals surface area contributed by atoms with E-state index < -0.39 is 0 Å². The zero-order chi connectivity index (χ0) is 23.9. The van der Waals surface area contributed by atoms with Crippen LogP contribution in [0.3, 0.4) is 0 Å². The second-order valence-corrected chi connectivity index (χ2v) is 9.36.